The molecule has 0 aliphatic heterocycles. The molecule has 0 amide bonds. The maximum atomic E-state index is 4.01. The van der Waals surface area contributed by atoms with E-state index in [1.165, 1.54) is 0 Å². The normalized spacial score (nSPS) is 12.4. The van der Waals surface area contributed by atoms with E-state index < -0.39 is 0 Å². The van der Waals surface area contributed by atoms with Crippen molar-refractivity contribution in [1.29, 1.82) is 0 Å². The molecular formula is C9H12N6. The summed E-state index contributed by atoms with van der Waals surface area (Å²) in [5.41, 5.74) is 0. The second-order valence-electron chi connectivity index (χ2n) is 3.27. The molecule has 0 aliphatic rings. The van der Waals surface area contributed by atoms with Gasteiger partial charge in [0.15, 0.2) is 5.82 Å². The van der Waals surface area contributed by atoms with Gasteiger partial charge in [0.2, 0.25) is 0 Å². The van der Waals surface area contributed by atoms with Gasteiger partial charge in [0.25, 0.3) is 0 Å². The minimum Gasteiger partial charge on any atom is -0.359 e. The number of hydrogen-bond donors (Lipinski definition) is 1. The van der Waals surface area contributed by atoms with E-state index in [-0.39, 0.29) is 6.04 Å². The highest BCUT2D eigenvalue weighted by Crippen LogP contribution is 2.13. The molecule has 0 saturated heterocycles. The van der Waals surface area contributed by atoms with Gasteiger partial charge in [-0.1, -0.05) is 0 Å². The van der Waals surface area contributed by atoms with Gasteiger partial charge in [-0.05, 0) is 19.1 Å². The van der Waals surface area contributed by atoms with Crippen molar-refractivity contribution in [2.75, 3.05) is 5.32 Å². The van der Waals surface area contributed by atoms with Crippen LogP contribution in [0.4, 0.5) is 5.82 Å². The summed E-state index contributed by atoms with van der Waals surface area (Å²) in [5.74, 6) is 1.59. The lowest BCUT2D eigenvalue weighted by Crippen LogP contribution is -2.12. The fourth-order valence-corrected chi connectivity index (χ4v) is 1.35. The standard InChI is InChI=1S/C9H12N6/c1-7(9-14-11-6-15(9)2)12-8-4-3-5-10-13-8/h3-7H,1-2H3,(H,12,13). The molecule has 6 heteroatoms. The highest BCUT2D eigenvalue weighted by atomic mass is 15.3. The van der Waals surface area contributed by atoms with Gasteiger partial charge in [0, 0.05) is 13.2 Å². The number of aryl methyl sites for hydroxylation is 1. The number of aromatic nitrogens is 5. The van der Waals surface area contributed by atoms with Gasteiger partial charge < -0.3 is 9.88 Å². The summed E-state index contributed by atoms with van der Waals surface area (Å²) in [6.45, 7) is 2.00. The zero-order valence-corrected chi connectivity index (χ0v) is 8.62. The number of hydrogen-bond acceptors (Lipinski definition) is 5. The molecule has 1 atom stereocenters. The maximum absolute atomic E-state index is 4.01. The first-order chi connectivity index (χ1) is 7.27. The van der Waals surface area contributed by atoms with E-state index in [0.29, 0.717) is 0 Å². The predicted octanol–water partition coefficient (Wildman–Crippen LogP) is 0.778. The molecule has 1 unspecified atom stereocenters. The zero-order chi connectivity index (χ0) is 10.7. The number of nitrogens with one attached hydrogen (secondary N) is 1. The molecule has 6 nitrogen and oxygen atoms in total. The molecule has 2 heterocycles. The van der Waals surface area contributed by atoms with Crippen molar-refractivity contribution in [2.45, 2.75) is 13.0 Å². The van der Waals surface area contributed by atoms with Crippen LogP contribution < -0.4 is 5.32 Å². The highest BCUT2D eigenvalue weighted by molar-refractivity contribution is 5.33. The lowest BCUT2D eigenvalue weighted by molar-refractivity contribution is 0.714. The Kier molecular flexibility index (Phi) is 2.57. The Balaban J connectivity index is 2.11. The summed E-state index contributed by atoms with van der Waals surface area (Å²) in [5, 5.41) is 18.7. The van der Waals surface area contributed by atoms with E-state index in [1.807, 2.05) is 30.7 Å². The first-order valence-electron chi connectivity index (χ1n) is 4.65. The quantitative estimate of drug-likeness (QED) is 0.800. The summed E-state index contributed by atoms with van der Waals surface area (Å²) in [4.78, 5) is 0. The third-order valence-corrected chi connectivity index (χ3v) is 2.07. The number of nitrogens with zero attached hydrogens (tertiary/aromatic N) is 5. The van der Waals surface area contributed by atoms with Crippen LogP contribution in [-0.2, 0) is 7.05 Å². The second kappa shape index (κ2) is 4.04. The van der Waals surface area contributed by atoms with Crippen molar-refractivity contribution >= 4 is 5.82 Å². The van der Waals surface area contributed by atoms with Crippen LogP contribution in [-0.4, -0.2) is 25.0 Å². The molecule has 15 heavy (non-hydrogen) atoms. The molecule has 0 bridgehead atoms. The van der Waals surface area contributed by atoms with Crippen LogP contribution in [0.2, 0.25) is 0 Å². The molecule has 2 aromatic rings. The van der Waals surface area contributed by atoms with Crippen molar-refractivity contribution in [3.63, 3.8) is 0 Å². The van der Waals surface area contributed by atoms with E-state index in [4.69, 9.17) is 0 Å². The van der Waals surface area contributed by atoms with Crippen LogP contribution in [0.15, 0.2) is 24.7 Å². The Morgan fingerprint density at radius 3 is 2.80 bits per heavy atom. The van der Waals surface area contributed by atoms with E-state index in [1.54, 1.807) is 12.5 Å². The Hall–Kier alpha value is -1.98. The molecule has 0 radical (unpaired) electrons. The van der Waals surface area contributed by atoms with Crippen molar-refractivity contribution in [3.8, 4) is 0 Å². The summed E-state index contributed by atoms with van der Waals surface area (Å²) in [7, 11) is 1.91. The zero-order valence-electron chi connectivity index (χ0n) is 8.62. The van der Waals surface area contributed by atoms with Gasteiger partial charge in [-0.15, -0.1) is 15.3 Å². The van der Waals surface area contributed by atoms with Gasteiger partial charge in [0.1, 0.15) is 12.1 Å². The lowest BCUT2D eigenvalue weighted by atomic mass is 10.3. The van der Waals surface area contributed by atoms with Crippen LogP contribution in [0.5, 0.6) is 0 Å². The number of rotatable bonds is 3. The van der Waals surface area contributed by atoms with E-state index in [2.05, 4.69) is 25.7 Å². The molecule has 2 aromatic heterocycles. The van der Waals surface area contributed by atoms with E-state index in [9.17, 15) is 0 Å². The SMILES string of the molecule is CC(Nc1cccnn1)c1nncn1C. The molecule has 1 N–H and O–H groups in total. The van der Waals surface area contributed by atoms with Gasteiger partial charge in [-0.25, -0.2) is 0 Å². The van der Waals surface area contributed by atoms with Gasteiger partial charge in [-0.2, -0.15) is 5.10 Å². The fourth-order valence-electron chi connectivity index (χ4n) is 1.35. The molecule has 0 saturated carbocycles. The Labute approximate surface area is 87.4 Å². The Morgan fingerprint density at radius 2 is 2.20 bits per heavy atom. The van der Waals surface area contributed by atoms with Crippen LogP contribution in [0.25, 0.3) is 0 Å². The summed E-state index contributed by atoms with van der Waals surface area (Å²) < 4.78 is 1.87. The van der Waals surface area contributed by atoms with E-state index in [0.717, 1.165) is 11.6 Å². The van der Waals surface area contributed by atoms with Crippen molar-refractivity contribution < 1.29 is 0 Å². The van der Waals surface area contributed by atoms with Gasteiger partial charge in [0.05, 0.1) is 6.04 Å². The predicted molar refractivity (Wildman–Crippen MR) is 55.1 cm³/mol. The molecule has 0 fully saturated rings. The monoisotopic (exact) mass is 204 g/mol. The molecular weight excluding hydrogens is 192 g/mol. The highest BCUT2D eigenvalue weighted by Gasteiger charge is 2.11. The minimum atomic E-state index is 0.0502. The first kappa shape index (κ1) is 9.57. The fraction of sp³-hybridized carbons (Fsp3) is 0.333. The summed E-state index contributed by atoms with van der Waals surface area (Å²) in [6.07, 6.45) is 3.31. The Bertz CT molecular complexity index is 423. The van der Waals surface area contributed by atoms with Crippen LogP contribution >= 0.6 is 0 Å². The maximum Gasteiger partial charge on any atom is 0.154 e. The van der Waals surface area contributed by atoms with Crippen LogP contribution in [0.1, 0.15) is 18.8 Å². The first-order valence-corrected chi connectivity index (χ1v) is 4.65. The van der Waals surface area contributed by atoms with Crippen LogP contribution in [0.3, 0.4) is 0 Å². The molecule has 2 rings (SSSR count). The lowest BCUT2D eigenvalue weighted by Gasteiger charge is -2.12. The van der Waals surface area contributed by atoms with Gasteiger partial charge in [-0.3, -0.25) is 0 Å². The molecule has 0 spiro atoms. The molecule has 78 valence electrons. The number of anilines is 1. The summed E-state index contributed by atoms with van der Waals surface area (Å²) >= 11 is 0. The average molecular weight is 204 g/mol. The third kappa shape index (κ3) is 2.09. The van der Waals surface area contributed by atoms with E-state index >= 15 is 0 Å². The minimum absolute atomic E-state index is 0.0502. The van der Waals surface area contributed by atoms with Crippen molar-refractivity contribution in [1.82, 2.24) is 25.0 Å². The Morgan fingerprint density at radius 1 is 1.33 bits per heavy atom. The smallest absolute Gasteiger partial charge is 0.154 e. The van der Waals surface area contributed by atoms with Crippen LogP contribution in [0, 0.1) is 0 Å². The second-order valence-corrected chi connectivity index (χ2v) is 3.27. The molecule has 0 aliphatic carbocycles. The van der Waals surface area contributed by atoms with Crippen molar-refractivity contribution in [3.05, 3.63) is 30.5 Å². The third-order valence-electron chi connectivity index (χ3n) is 2.07. The topological polar surface area (TPSA) is 68.5 Å². The molecule has 0 aromatic carbocycles. The van der Waals surface area contributed by atoms with Gasteiger partial charge >= 0.3 is 0 Å². The average Bonchev–Trinajstić information content (AvgIpc) is 2.66. The largest absolute Gasteiger partial charge is 0.359 e. The summed E-state index contributed by atoms with van der Waals surface area (Å²) in [6, 6.07) is 3.74. The van der Waals surface area contributed by atoms with Crippen molar-refractivity contribution in [2.24, 2.45) is 7.05 Å².